The largest absolute Gasteiger partial charge is 0.478 e. The number of benzene rings is 2. The fraction of sp³-hybridized carbons (Fsp3) is 0.208. The van der Waals surface area contributed by atoms with Gasteiger partial charge in [-0.1, -0.05) is 35.9 Å². The first kappa shape index (κ1) is 24.2. The molecule has 1 heterocycles. The predicted molar refractivity (Wildman–Crippen MR) is 130 cm³/mol. The summed E-state index contributed by atoms with van der Waals surface area (Å²) in [5.41, 5.74) is 3.03. The van der Waals surface area contributed by atoms with Gasteiger partial charge in [-0.25, -0.2) is 14.2 Å². The summed E-state index contributed by atoms with van der Waals surface area (Å²) in [6.07, 6.45) is 5.25. The van der Waals surface area contributed by atoms with Gasteiger partial charge in [0.2, 0.25) is 5.95 Å². The molecule has 0 fully saturated rings. The molecule has 0 saturated heterocycles. The molecule has 0 radical (unpaired) electrons. The number of aliphatic carboxylic acids is 1. The second kappa shape index (κ2) is 11.4. The highest BCUT2D eigenvalue weighted by Crippen LogP contribution is 2.29. The normalized spacial score (nSPS) is 11.2. The van der Waals surface area contributed by atoms with Crippen LogP contribution in [0.2, 0.25) is 5.02 Å². The first-order valence-electron chi connectivity index (χ1n) is 10.3. The van der Waals surface area contributed by atoms with Crippen LogP contribution in [0, 0.1) is 5.82 Å². The predicted octanol–water partition coefficient (Wildman–Crippen LogP) is 5.14. The molecule has 0 amide bonds. The summed E-state index contributed by atoms with van der Waals surface area (Å²) in [6, 6.07) is 11.7. The highest BCUT2D eigenvalue weighted by atomic mass is 35.5. The Bertz CT molecular complexity index is 1140. The maximum atomic E-state index is 13.5. The van der Waals surface area contributed by atoms with E-state index in [2.05, 4.69) is 25.5 Å². The van der Waals surface area contributed by atoms with Crippen LogP contribution in [0.3, 0.4) is 0 Å². The number of rotatable bonds is 10. The first-order chi connectivity index (χ1) is 15.8. The van der Waals surface area contributed by atoms with E-state index in [1.807, 2.05) is 38.4 Å². The number of hydrogen-bond donors (Lipinski definition) is 3. The average molecular weight is 470 g/mol. The fourth-order valence-corrected chi connectivity index (χ4v) is 3.21. The lowest BCUT2D eigenvalue weighted by Crippen LogP contribution is -2.17. The molecular formula is C24H25ClFN5O2. The van der Waals surface area contributed by atoms with Crippen molar-refractivity contribution in [2.24, 2.45) is 0 Å². The lowest BCUT2D eigenvalue weighted by molar-refractivity contribution is -0.131. The van der Waals surface area contributed by atoms with E-state index in [-0.39, 0.29) is 5.02 Å². The van der Waals surface area contributed by atoms with E-state index in [1.54, 1.807) is 12.3 Å². The molecule has 0 spiro atoms. The molecule has 0 aliphatic heterocycles. The van der Waals surface area contributed by atoms with E-state index in [4.69, 9.17) is 16.7 Å². The zero-order valence-corrected chi connectivity index (χ0v) is 19.1. The number of hydrogen-bond acceptors (Lipinski definition) is 6. The Morgan fingerprint density at radius 3 is 2.64 bits per heavy atom. The van der Waals surface area contributed by atoms with Crippen LogP contribution in [0.4, 0.5) is 21.8 Å². The highest BCUT2D eigenvalue weighted by molar-refractivity contribution is 6.31. The van der Waals surface area contributed by atoms with Gasteiger partial charge in [-0.3, -0.25) is 0 Å². The van der Waals surface area contributed by atoms with Crippen molar-refractivity contribution in [3.05, 3.63) is 71.1 Å². The number of aromatic nitrogens is 2. The molecule has 3 aromatic rings. The van der Waals surface area contributed by atoms with Crippen molar-refractivity contribution >= 4 is 41.1 Å². The Balaban J connectivity index is 1.86. The van der Waals surface area contributed by atoms with Crippen LogP contribution >= 0.6 is 11.6 Å². The van der Waals surface area contributed by atoms with Gasteiger partial charge >= 0.3 is 5.97 Å². The van der Waals surface area contributed by atoms with Gasteiger partial charge < -0.3 is 20.6 Å². The third kappa shape index (κ3) is 7.27. The molecule has 0 bridgehead atoms. The Hall–Kier alpha value is -3.49. The minimum Gasteiger partial charge on any atom is -0.478 e. The zero-order chi connectivity index (χ0) is 23.8. The van der Waals surface area contributed by atoms with Gasteiger partial charge in [-0.2, -0.15) is 4.98 Å². The van der Waals surface area contributed by atoms with Gasteiger partial charge in [0.1, 0.15) is 11.6 Å². The molecule has 9 heteroatoms. The van der Waals surface area contributed by atoms with E-state index in [0.29, 0.717) is 24.0 Å². The van der Waals surface area contributed by atoms with E-state index in [0.717, 1.165) is 35.7 Å². The second-order valence-corrected chi connectivity index (χ2v) is 7.99. The number of carbonyl (C=O) groups is 1. The van der Waals surface area contributed by atoms with E-state index < -0.39 is 11.8 Å². The van der Waals surface area contributed by atoms with E-state index in [9.17, 15) is 9.18 Å². The van der Waals surface area contributed by atoms with Crippen molar-refractivity contribution in [3.8, 4) is 11.1 Å². The minimum atomic E-state index is -0.998. The first-order valence-corrected chi connectivity index (χ1v) is 10.7. The quantitative estimate of drug-likeness (QED) is 0.279. The fourth-order valence-electron chi connectivity index (χ4n) is 3.03. The van der Waals surface area contributed by atoms with Crippen LogP contribution in [0.5, 0.6) is 0 Å². The van der Waals surface area contributed by atoms with Crippen LogP contribution in [0.25, 0.3) is 17.2 Å². The Morgan fingerprint density at radius 1 is 1.21 bits per heavy atom. The molecule has 3 rings (SSSR count). The number of carboxylic acids is 1. The lowest BCUT2D eigenvalue weighted by Gasteiger charge is -2.15. The standard InChI is InChI=1S/C24H25ClFN5O2/c1-31(2)13-3-12-27-23-19(17-7-4-16(5-8-17)6-11-22(32)33)15-28-24(30-23)29-18-9-10-21(26)20(25)14-18/h4-11,14-15H,3,12-13H2,1-2H3,(H,32,33)(H2,27,28,29,30). The van der Waals surface area contributed by atoms with Crippen LogP contribution in [0.1, 0.15) is 12.0 Å². The second-order valence-electron chi connectivity index (χ2n) is 7.59. The number of anilines is 3. The number of carboxylic acid groups (broad SMARTS) is 1. The van der Waals surface area contributed by atoms with E-state index >= 15 is 0 Å². The average Bonchev–Trinajstić information content (AvgIpc) is 2.78. The molecule has 0 aliphatic carbocycles. The van der Waals surface area contributed by atoms with Crippen LogP contribution in [-0.4, -0.2) is 53.1 Å². The lowest BCUT2D eigenvalue weighted by atomic mass is 10.1. The summed E-state index contributed by atoms with van der Waals surface area (Å²) in [7, 11) is 4.04. The summed E-state index contributed by atoms with van der Waals surface area (Å²) >= 11 is 5.87. The third-order valence-electron chi connectivity index (χ3n) is 4.68. The molecule has 172 valence electrons. The summed E-state index contributed by atoms with van der Waals surface area (Å²) in [5.74, 6) is -0.503. The molecule has 0 aliphatic rings. The van der Waals surface area contributed by atoms with Gasteiger partial charge in [0.25, 0.3) is 0 Å². The van der Waals surface area contributed by atoms with Crippen LogP contribution in [-0.2, 0) is 4.79 Å². The number of halogens is 2. The van der Waals surface area contributed by atoms with Gasteiger partial charge in [0.15, 0.2) is 0 Å². The van der Waals surface area contributed by atoms with Crippen LogP contribution in [0.15, 0.2) is 54.7 Å². The molecule has 2 aromatic carbocycles. The molecule has 3 N–H and O–H groups in total. The molecule has 0 atom stereocenters. The van der Waals surface area contributed by atoms with Crippen molar-refractivity contribution in [2.45, 2.75) is 6.42 Å². The Labute approximate surface area is 196 Å². The smallest absolute Gasteiger partial charge is 0.328 e. The van der Waals surface area contributed by atoms with Gasteiger partial charge in [-0.05, 0) is 62.5 Å². The maximum Gasteiger partial charge on any atom is 0.328 e. The molecule has 0 saturated carbocycles. The zero-order valence-electron chi connectivity index (χ0n) is 18.3. The Kier molecular flexibility index (Phi) is 8.34. The third-order valence-corrected chi connectivity index (χ3v) is 4.97. The SMILES string of the molecule is CN(C)CCCNc1nc(Nc2ccc(F)c(Cl)c2)ncc1-c1ccc(C=CC(=O)O)cc1. The minimum absolute atomic E-state index is 0.00990. The molecule has 0 unspecified atom stereocenters. The summed E-state index contributed by atoms with van der Waals surface area (Å²) in [4.78, 5) is 21.9. The Morgan fingerprint density at radius 2 is 1.97 bits per heavy atom. The van der Waals surface area contributed by atoms with Crippen LogP contribution < -0.4 is 10.6 Å². The van der Waals surface area contributed by atoms with Crippen molar-refractivity contribution in [1.29, 1.82) is 0 Å². The maximum absolute atomic E-state index is 13.5. The van der Waals surface area contributed by atoms with Crippen molar-refractivity contribution in [2.75, 3.05) is 37.8 Å². The highest BCUT2D eigenvalue weighted by Gasteiger charge is 2.11. The van der Waals surface area contributed by atoms with Crippen molar-refractivity contribution in [3.63, 3.8) is 0 Å². The monoisotopic (exact) mass is 469 g/mol. The van der Waals surface area contributed by atoms with Gasteiger partial charge in [-0.15, -0.1) is 0 Å². The molecular weight excluding hydrogens is 445 g/mol. The number of nitrogens with zero attached hydrogens (tertiary/aromatic N) is 3. The number of nitrogens with one attached hydrogen (secondary N) is 2. The summed E-state index contributed by atoms with van der Waals surface area (Å²) in [6.45, 7) is 1.64. The molecule has 33 heavy (non-hydrogen) atoms. The van der Waals surface area contributed by atoms with Gasteiger partial charge in [0.05, 0.1) is 5.02 Å². The topological polar surface area (TPSA) is 90.4 Å². The van der Waals surface area contributed by atoms with Gasteiger partial charge in [0, 0.05) is 30.1 Å². The van der Waals surface area contributed by atoms with Crippen molar-refractivity contribution in [1.82, 2.24) is 14.9 Å². The molecule has 7 nitrogen and oxygen atoms in total. The van der Waals surface area contributed by atoms with E-state index in [1.165, 1.54) is 18.2 Å². The molecule has 1 aromatic heterocycles. The summed E-state index contributed by atoms with van der Waals surface area (Å²) in [5, 5.41) is 15.2. The summed E-state index contributed by atoms with van der Waals surface area (Å²) < 4.78 is 13.5. The van der Waals surface area contributed by atoms with Crippen molar-refractivity contribution < 1.29 is 14.3 Å².